The van der Waals surface area contributed by atoms with Crippen LogP contribution in [0.25, 0.3) is 11.2 Å². The summed E-state index contributed by atoms with van der Waals surface area (Å²) in [5.74, 6) is 3.02. The van der Waals surface area contributed by atoms with Crippen LogP contribution in [0, 0.1) is 12.3 Å². The predicted molar refractivity (Wildman–Crippen MR) is 84.7 cm³/mol. The Morgan fingerprint density at radius 2 is 2.48 bits per heavy atom. The Morgan fingerprint density at radius 1 is 1.61 bits per heavy atom. The molecule has 0 aromatic carbocycles. The summed E-state index contributed by atoms with van der Waals surface area (Å²) in [6.45, 7) is 0.813. The normalized spacial score (nSPS) is 18.5. The Labute approximate surface area is 133 Å². The third-order valence-corrected chi connectivity index (χ3v) is 3.78. The fraction of sp³-hybridized carbons (Fsp3) is 0.467. The van der Waals surface area contributed by atoms with Crippen molar-refractivity contribution in [2.75, 3.05) is 25.1 Å². The van der Waals surface area contributed by atoms with Crippen molar-refractivity contribution in [3.05, 3.63) is 12.7 Å². The Bertz CT molecular complexity index is 731. The molecule has 1 fully saturated rings. The molecule has 1 aliphatic rings. The van der Waals surface area contributed by atoms with Crippen molar-refractivity contribution in [3.8, 4) is 12.3 Å². The number of anilines is 1. The number of hydrogen-bond donors (Lipinski definition) is 2. The van der Waals surface area contributed by atoms with Gasteiger partial charge in [-0.3, -0.25) is 4.79 Å². The van der Waals surface area contributed by atoms with Gasteiger partial charge in [0.25, 0.3) is 0 Å². The molecule has 0 aliphatic carbocycles. The summed E-state index contributed by atoms with van der Waals surface area (Å²) in [6, 6.07) is -0.407. The standard InChI is InChI=1S/C15H18N6O2/c1-3-10(11-5-4-6-23-11)20-12(22)7-21(2)15-13-14(17-8-16-13)18-9-19-15/h1,8-11H,4-7H2,2H3,(H,20,22)(H,16,17,18,19). The molecule has 8 nitrogen and oxygen atoms in total. The van der Waals surface area contributed by atoms with E-state index in [-0.39, 0.29) is 18.6 Å². The zero-order valence-corrected chi connectivity index (χ0v) is 12.8. The van der Waals surface area contributed by atoms with Gasteiger partial charge >= 0.3 is 0 Å². The van der Waals surface area contributed by atoms with E-state index in [4.69, 9.17) is 11.2 Å². The van der Waals surface area contributed by atoms with Crippen LogP contribution in [0.15, 0.2) is 12.7 Å². The lowest BCUT2D eigenvalue weighted by molar-refractivity contribution is -0.120. The second-order valence-electron chi connectivity index (χ2n) is 5.42. The number of H-pyrrole nitrogens is 1. The fourth-order valence-corrected chi connectivity index (χ4v) is 2.66. The first-order chi connectivity index (χ1) is 11.2. The molecule has 3 heterocycles. The van der Waals surface area contributed by atoms with Crippen LogP contribution in [0.2, 0.25) is 0 Å². The van der Waals surface area contributed by atoms with Crippen molar-refractivity contribution in [1.29, 1.82) is 0 Å². The lowest BCUT2D eigenvalue weighted by Crippen LogP contribution is -2.46. The van der Waals surface area contributed by atoms with E-state index in [1.165, 1.54) is 6.33 Å². The molecule has 0 spiro atoms. The smallest absolute Gasteiger partial charge is 0.240 e. The van der Waals surface area contributed by atoms with Gasteiger partial charge in [0.1, 0.15) is 17.9 Å². The van der Waals surface area contributed by atoms with Gasteiger partial charge < -0.3 is 19.9 Å². The summed E-state index contributed by atoms with van der Waals surface area (Å²) < 4.78 is 5.54. The van der Waals surface area contributed by atoms with Crippen LogP contribution in [-0.4, -0.2) is 58.2 Å². The zero-order chi connectivity index (χ0) is 16.2. The maximum atomic E-state index is 12.3. The van der Waals surface area contributed by atoms with Gasteiger partial charge in [0.2, 0.25) is 5.91 Å². The number of carbonyl (C=O) groups is 1. The highest BCUT2D eigenvalue weighted by molar-refractivity contribution is 5.87. The van der Waals surface area contributed by atoms with Gasteiger partial charge in [-0.2, -0.15) is 0 Å². The van der Waals surface area contributed by atoms with Crippen molar-refractivity contribution >= 4 is 22.9 Å². The number of fused-ring (bicyclic) bond motifs is 1. The minimum Gasteiger partial charge on any atom is -0.375 e. The number of carbonyl (C=O) groups excluding carboxylic acids is 1. The molecule has 2 N–H and O–H groups in total. The molecule has 2 aromatic heterocycles. The average molecular weight is 314 g/mol. The minimum absolute atomic E-state index is 0.104. The van der Waals surface area contributed by atoms with Crippen LogP contribution in [0.3, 0.4) is 0 Å². The van der Waals surface area contributed by atoms with Gasteiger partial charge in [-0.15, -0.1) is 6.42 Å². The third kappa shape index (κ3) is 3.24. The highest BCUT2D eigenvalue weighted by Gasteiger charge is 2.26. The SMILES string of the molecule is C#CC(NC(=O)CN(C)c1ncnc2nc[nH]c12)C1CCCO1. The molecule has 23 heavy (non-hydrogen) atoms. The third-order valence-electron chi connectivity index (χ3n) is 3.78. The molecule has 1 amide bonds. The summed E-state index contributed by atoms with van der Waals surface area (Å²) in [5.41, 5.74) is 1.25. The van der Waals surface area contributed by atoms with Crippen LogP contribution >= 0.6 is 0 Å². The number of terminal acetylenes is 1. The second-order valence-corrected chi connectivity index (χ2v) is 5.42. The largest absolute Gasteiger partial charge is 0.375 e. The summed E-state index contributed by atoms with van der Waals surface area (Å²) in [6.07, 6.45) is 10.2. The molecule has 8 heteroatoms. The molecular formula is C15H18N6O2. The number of aromatic nitrogens is 4. The van der Waals surface area contributed by atoms with E-state index in [1.54, 1.807) is 18.3 Å². The highest BCUT2D eigenvalue weighted by Crippen LogP contribution is 2.18. The number of hydrogen-bond acceptors (Lipinski definition) is 6. The van der Waals surface area contributed by atoms with E-state index in [9.17, 15) is 4.79 Å². The molecule has 0 bridgehead atoms. The van der Waals surface area contributed by atoms with Gasteiger partial charge in [0, 0.05) is 13.7 Å². The van der Waals surface area contributed by atoms with Crippen molar-refractivity contribution in [1.82, 2.24) is 25.3 Å². The van der Waals surface area contributed by atoms with E-state index in [2.05, 4.69) is 31.2 Å². The molecule has 1 saturated heterocycles. The average Bonchev–Trinajstić information content (AvgIpc) is 3.22. The van der Waals surface area contributed by atoms with E-state index in [0.717, 1.165) is 12.8 Å². The molecule has 0 saturated carbocycles. The Hall–Kier alpha value is -2.66. The quantitative estimate of drug-likeness (QED) is 0.759. The fourth-order valence-electron chi connectivity index (χ4n) is 2.66. The minimum atomic E-state index is -0.407. The monoisotopic (exact) mass is 314 g/mol. The lowest BCUT2D eigenvalue weighted by Gasteiger charge is -2.22. The van der Waals surface area contributed by atoms with E-state index >= 15 is 0 Å². The molecule has 1 aliphatic heterocycles. The zero-order valence-electron chi connectivity index (χ0n) is 12.8. The molecule has 3 rings (SSSR count). The molecule has 0 radical (unpaired) electrons. The Morgan fingerprint density at radius 3 is 3.22 bits per heavy atom. The van der Waals surface area contributed by atoms with Crippen LogP contribution in [0.1, 0.15) is 12.8 Å². The second kappa shape index (κ2) is 6.62. The van der Waals surface area contributed by atoms with Crippen molar-refractivity contribution in [3.63, 3.8) is 0 Å². The molecule has 2 unspecified atom stereocenters. The Balaban J connectivity index is 1.65. The summed E-state index contributed by atoms with van der Waals surface area (Å²) in [5, 5.41) is 2.84. The van der Waals surface area contributed by atoms with E-state index in [1.807, 2.05) is 0 Å². The van der Waals surface area contributed by atoms with Crippen LogP contribution < -0.4 is 10.2 Å². The molecule has 2 atom stereocenters. The Kier molecular flexibility index (Phi) is 4.39. The van der Waals surface area contributed by atoms with E-state index < -0.39 is 6.04 Å². The first-order valence-electron chi connectivity index (χ1n) is 7.41. The van der Waals surface area contributed by atoms with Crippen molar-refractivity contribution < 1.29 is 9.53 Å². The predicted octanol–water partition coefficient (Wildman–Crippen LogP) is 0.0861. The molecule has 2 aromatic rings. The number of likely N-dealkylation sites (N-methyl/N-ethyl adjacent to an activating group) is 1. The van der Waals surface area contributed by atoms with Gasteiger partial charge in [-0.1, -0.05) is 5.92 Å². The van der Waals surface area contributed by atoms with Crippen LogP contribution in [0.5, 0.6) is 0 Å². The number of nitrogens with zero attached hydrogens (tertiary/aromatic N) is 4. The van der Waals surface area contributed by atoms with Gasteiger partial charge in [-0.05, 0) is 12.8 Å². The number of amides is 1. The van der Waals surface area contributed by atoms with Crippen molar-refractivity contribution in [2.24, 2.45) is 0 Å². The number of imidazole rings is 1. The molecular weight excluding hydrogens is 296 g/mol. The lowest BCUT2D eigenvalue weighted by atomic mass is 10.1. The van der Waals surface area contributed by atoms with Crippen LogP contribution in [-0.2, 0) is 9.53 Å². The highest BCUT2D eigenvalue weighted by atomic mass is 16.5. The first-order valence-corrected chi connectivity index (χ1v) is 7.41. The number of aromatic amines is 1. The number of rotatable bonds is 5. The maximum Gasteiger partial charge on any atom is 0.240 e. The first kappa shape index (κ1) is 15.2. The van der Waals surface area contributed by atoms with Gasteiger partial charge in [-0.25, -0.2) is 15.0 Å². The maximum absolute atomic E-state index is 12.3. The van der Waals surface area contributed by atoms with Crippen LogP contribution in [0.4, 0.5) is 5.82 Å². The number of nitrogens with one attached hydrogen (secondary N) is 2. The number of ether oxygens (including phenoxy) is 1. The van der Waals surface area contributed by atoms with Gasteiger partial charge in [0.15, 0.2) is 11.5 Å². The summed E-state index contributed by atoms with van der Waals surface area (Å²) in [7, 11) is 1.78. The summed E-state index contributed by atoms with van der Waals surface area (Å²) >= 11 is 0. The topological polar surface area (TPSA) is 96.0 Å². The molecule has 120 valence electrons. The van der Waals surface area contributed by atoms with Gasteiger partial charge in [0.05, 0.1) is 19.0 Å². The van der Waals surface area contributed by atoms with E-state index in [0.29, 0.717) is 23.6 Å². The van der Waals surface area contributed by atoms with Crippen molar-refractivity contribution in [2.45, 2.75) is 25.0 Å². The summed E-state index contributed by atoms with van der Waals surface area (Å²) in [4.78, 5) is 29.3.